The van der Waals surface area contributed by atoms with Gasteiger partial charge in [-0.1, -0.05) is 18.5 Å². The molecule has 1 unspecified atom stereocenters. The van der Waals surface area contributed by atoms with Gasteiger partial charge in [0.05, 0.1) is 18.9 Å². The number of nitrogens with one attached hydrogen (secondary N) is 1. The molecule has 0 aromatic heterocycles. The first-order valence-corrected chi connectivity index (χ1v) is 5.95. The molecule has 1 rings (SSSR count). The number of rotatable bonds is 4. The number of hydrogen-bond donors (Lipinski definition) is 1. The molecule has 18 heavy (non-hydrogen) atoms. The first-order chi connectivity index (χ1) is 8.53. The molecule has 0 saturated carbocycles. The molecule has 0 saturated heterocycles. The Bertz CT molecular complexity index is 494. The van der Waals surface area contributed by atoms with E-state index in [1.807, 2.05) is 13.0 Å². The molecule has 5 heteroatoms. The third-order valence-corrected chi connectivity index (χ3v) is 2.80. The number of methoxy groups -OCH3 is 1. The fourth-order valence-corrected chi connectivity index (χ4v) is 1.92. The summed E-state index contributed by atoms with van der Waals surface area (Å²) in [5.41, 5.74) is 1.31. The highest BCUT2D eigenvalue weighted by Crippen LogP contribution is 2.32. The van der Waals surface area contributed by atoms with E-state index in [1.54, 1.807) is 19.1 Å². The number of benzene rings is 1. The summed E-state index contributed by atoms with van der Waals surface area (Å²) in [4.78, 5) is 11.8. The Labute approximate surface area is 112 Å². The third-order valence-electron chi connectivity index (χ3n) is 2.58. The van der Waals surface area contributed by atoms with Crippen LogP contribution < -0.4 is 10.1 Å². The topological polar surface area (TPSA) is 62.1 Å². The van der Waals surface area contributed by atoms with E-state index >= 15 is 0 Å². The minimum Gasteiger partial charge on any atom is -0.494 e. The Balaban J connectivity index is 3.04. The molecular formula is C13H15ClN2O2. The number of amides is 1. The summed E-state index contributed by atoms with van der Waals surface area (Å²) < 4.78 is 5.22. The fourth-order valence-electron chi connectivity index (χ4n) is 1.65. The van der Waals surface area contributed by atoms with Crippen LogP contribution in [-0.2, 0) is 4.79 Å². The number of carbonyl (C=O) groups is 1. The van der Waals surface area contributed by atoms with Crippen molar-refractivity contribution in [1.29, 1.82) is 5.26 Å². The van der Waals surface area contributed by atoms with Crippen LogP contribution in [0.5, 0.6) is 5.75 Å². The first-order valence-electron chi connectivity index (χ1n) is 5.58. The summed E-state index contributed by atoms with van der Waals surface area (Å²) in [6.07, 6.45) is 0.462. The van der Waals surface area contributed by atoms with E-state index < -0.39 is 5.92 Å². The number of nitriles is 1. The first kappa shape index (κ1) is 14.3. The van der Waals surface area contributed by atoms with E-state index in [9.17, 15) is 4.79 Å². The number of aryl methyl sites for hydroxylation is 1. The number of halogens is 1. The fraction of sp³-hybridized carbons (Fsp3) is 0.385. The molecule has 0 bridgehead atoms. The van der Waals surface area contributed by atoms with Gasteiger partial charge in [-0.3, -0.25) is 4.79 Å². The summed E-state index contributed by atoms with van der Waals surface area (Å²) in [6.45, 7) is 3.62. The summed E-state index contributed by atoms with van der Waals surface area (Å²) in [6, 6.07) is 5.31. The van der Waals surface area contributed by atoms with Gasteiger partial charge in [0.25, 0.3) is 0 Å². The number of ether oxygens (including phenoxy) is 1. The van der Waals surface area contributed by atoms with Crippen molar-refractivity contribution in [3.8, 4) is 11.8 Å². The van der Waals surface area contributed by atoms with Gasteiger partial charge in [-0.05, 0) is 31.0 Å². The molecule has 1 amide bonds. The highest BCUT2D eigenvalue weighted by atomic mass is 35.5. The molecule has 1 aromatic rings. The lowest BCUT2D eigenvalue weighted by Crippen LogP contribution is -2.21. The van der Waals surface area contributed by atoms with Crippen LogP contribution in [0.25, 0.3) is 0 Å². The van der Waals surface area contributed by atoms with Crippen molar-refractivity contribution < 1.29 is 9.53 Å². The second-order valence-corrected chi connectivity index (χ2v) is 4.32. The Morgan fingerprint density at radius 3 is 2.78 bits per heavy atom. The zero-order valence-electron chi connectivity index (χ0n) is 10.6. The van der Waals surface area contributed by atoms with E-state index in [4.69, 9.17) is 21.6 Å². The van der Waals surface area contributed by atoms with Gasteiger partial charge in [0.1, 0.15) is 11.7 Å². The summed E-state index contributed by atoms with van der Waals surface area (Å²) >= 11 is 5.94. The molecule has 0 spiro atoms. The van der Waals surface area contributed by atoms with Gasteiger partial charge in [0, 0.05) is 5.02 Å². The molecular weight excluding hydrogens is 252 g/mol. The van der Waals surface area contributed by atoms with Crippen molar-refractivity contribution in [3.05, 3.63) is 22.7 Å². The van der Waals surface area contributed by atoms with Gasteiger partial charge >= 0.3 is 0 Å². The number of nitrogens with zero attached hydrogens (tertiary/aromatic N) is 1. The third kappa shape index (κ3) is 3.14. The number of carbonyl (C=O) groups excluding carboxylic acids is 1. The largest absolute Gasteiger partial charge is 0.494 e. The van der Waals surface area contributed by atoms with Crippen molar-refractivity contribution in [2.45, 2.75) is 20.3 Å². The number of anilines is 1. The summed E-state index contributed by atoms with van der Waals surface area (Å²) in [7, 11) is 1.52. The minimum absolute atomic E-state index is 0.347. The number of hydrogen-bond acceptors (Lipinski definition) is 3. The molecule has 0 heterocycles. The highest BCUT2D eigenvalue weighted by Gasteiger charge is 2.18. The maximum atomic E-state index is 11.8. The van der Waals surface area contributed by atoms with Gasteiger partial charge < -0.3 is 10.1 Å². The normalized spacial score (nSPS) is 11.5. The molecule has 1 aromatic carbocycles. The molecule has 0 fully saturated rings. The van der Waals surface area contributed by atoms with Gasteiger partial charge in [0.15, 0.2) is 0 Å². The van der Waals surface area contributed by atoms with Crippen LogP contribution in [-0.4, -0.2) is 13.0 Å². The maximum absolute atomic E-state index is 11.8. The molecule has 1 atom stereocenters. The molecule has 0 radical (unpaired) electrons. The molecule has 96 valence electrons. The lowest BCUT2D eigenvalue weighted by molar-refractivity contribution is -0.118. The second kappa shape index (κ2) is 6.27. The van der Waals surface area contributed by atoms with Crippen LogP contribution in [0.15, 0.2) is 12.1 Å². The van der Waals surface area contributed by atoms with Crippen molar-refractivity contribution in [2.75, 3.05) is 12.4 Å². The van der Waals surface area contributed by atoms with E-state index in [-0.39, 0.29) is 5.91 Å². The molecule has 0 aliphatic heterocycles. The quantitative estimate of drug-likeness (QED) is 0.911. The van der Waals surface area contributed by atoms with Crippen molar-refractivity contribution in [2.24, 2.45) is 5.92 Å². The lowest BCUT2D eigenvalue weighted by Gasteiger charge is -2.14. The van der Waals surface area contributed by atoms with Crippen LogP contribution in [0.1, 0.15) is 18.9 Å². The Morgan fingerprint density at radius 1 is 1.61 bits per heavy atom. The predicted molar refractivity (Wildman–Crippen MR) is 70.8 cm³/mol. The van der Waals surface area contributed by atoms with Crippen molar-refractivity contribution >= 4 is 23.2 Å². The van der Waals surface area contributed by atoms with E-state index in [2.05, 4.69) is 5.32 Å². The van der Waals surface area contributed by atoms with Gasteiger partial charge in [0.2, 0.25) is 5.91 Å². The van der Waals surface area contributed by atoms with E-state index in [0.717, 1.165) is 5.56 Å². The lowest BCUT2D eigenvalue weighted by atomic mass is 10.1. The molecule has 0 aliphatic carbocycles. The summed E-state index contributed by atoms with van der Waals surface area (Å²) in [5.74, 6) is -0.463. The second-order valence-electron chi connectivity index (χ2n) is 3.88. The van der Waals surface area contributed by atoms with Crippen LogP contribution in [0.2, 0.25) is 5.02 Å². The zero-order valence-corrected chi connectivity index (χ0v) is 11.3. The Hall–Kier alpha value is -1.73. The van der Waals surface area contributed by atoms with Crippen molar-refractivity contribution in [3.63, 3.8) is 0 Å². The van der Waals surface area contributed by atoms with E-state index in [1.165, 1.54) is 7.11 Å². The molecule has 0 aliphatic rings. The van der Waals surface area contributed by atoms with Crippen molar-refractivity contribution in [1.82, 2.24) is 0 Å². The maximum Gasteiger partial charge on any atom is 0.241 e. The Kier molecular flexibility index (Phi) is 4.99. The molecule has 4 nitrogen and oxygen atoms in total. The predicted octanol–water partition coefficient (Wildman–Crippen LogP) is 3.15. The van der Waals surface area contributed by atoms with Crippen LogP contribution >= 0.6 is 11.6 Å². The van der Waals surface area contributed by atoms with Gasteiger partial charge in [-0.2, -0.15) is 5.26 Å². The standard InChI is InChI=1S/C13H15ClN2O2/c1-4-9(7-15)13(17)16-11-6-10(14)5-8(2)12(11)18-3/h5-6,9H,4H2,1-3H3,(H,16,17). The van der Waals surface area contributed by atoms with Crippen LogP contribution in [0.4, 0.5) is 5.69 Å². The minimum atomic E-state index is -0.672. The van der Waals surface area contributed by atoms with E-state index in [0.29, 0.717) is 22.9 Å². The average molecular weight is 267 g/mol. The highest BCUT2D eigenvalue weighted by molar-refractivity contribution is 6.31. The van der Waals surface area contributed by atoms with Gasteiger partial charge in [-0.25, -0.2) is 0 Å². The van der Waals surface area contributed by atoms with Gasteiger partial charge in [-0.15, -0.1) is 0 Å². The average Bonchev–Trinajstić information content (AvgIpc) is 2.30. The SMILES string of the molecule is CCC(C#N)C(=O)Nc1cc(Cl)cc(C)c1OC. The smallest absolute Gasteiger partial charge is 0.241 e. The summed E-state index contributed by atoms with van der Waals surface area (Å²) in [5, 5.41) is 12.0. The zero-order chi connectivity index (χ0) is 13.7. The van der Waals surface area contributed by atoms with Crippen LogP contribution in [0.3, 0.4) is 0 Å². The Morgan fingerprint density at radius 2 is 2.28 bits per heavy atom. The van der Waals surface area contributed by atoms with Crippen LogP contribution in [0, 0.1) is 24.2 Å². The monoisotopic (exact) mass is 266 g/mol. The molecule has 1 N–H and O–H groups in total.